The van der Waals surface area contributed by atoms with Crippen LogP contribution in [-0.2, 0) is 12.7 Å². The van der Waals surface area contributed by atoms with Gasteiger partial charge in [-0.3, -0.25) is 0 Å². The van der Waals surface area contributed by atoms with E-state index in [0.717, 1.165) is 31.1 Å². The van der Waals surface area contributed by atoms with Crippen LogP contribution in [-0.4, -0.2) is 28.2 Å². The molecule has 2 aromatic heterocycles. The number of hydrogen-bond donors (Lipinski definition) is 2. The third kappa shape index (κ3) is 5.31. The van der Waals surface area contributed by atoms with Gasteiger partial charge in [-0.05, 0) is 50.5 Å². The number of nitrogens with zero attached hydrogens (tertiary/aromatic N) is 3. The molecule has 146 valence electrons. The molecule has 0 spiro atoms. The molecule has 0 aliphatic carbocycles. The van der Waals surface area contributed by atoms with E-state index in [1.165, 1.54) is 0 Å². The highest BCUT2D eigenvalue weighted by molar-refractivity contribution is 7.80. The maximum atomic E-state index is 13.2. The predicted octanol–water partition coefficient (Wildman–Crippen LogP) is 3.87. The lowest BCUT2D eigenvalue weighted by Crippen LogP contribution is -2.32. The van der Waals surface area contributed by atoms with Crippen molar-refractivity contribution < 1.29 is 17.6 Å². The zero-order valence-electron chi connectivity index (χ0n) is 14.8. The number of furan rings is 1. The second-order valence-electron chi connectivity index (χ2n) is 6.30. The van der Waals surface area contributed by atoms with Gasteiger partial charge in [-0.15, -0.1) is 0 Å². The van der Waals surface area contributed by atoms with E-state index in [9.17, 15) is 13.2 Å². The highest BCUT2D eigenvalue weighted by Crippen LogP contribution is 2.31. The quantitative estimate of drug-likeness (QED) is 0.757. The van der Waals surface area contributed by atoms with Crippen molar-refractivity contribution in [2.75, 3.05) is 23.3 Å². The van der Waals surface area contributed by atoms with Crippen LogP contribution in [0.15, 0.2) is 22.6 Å². The molecular weight excluding hydrogens is 379 g/mol. The summed E-state index contributed by atoms with van der Waals surface area (Å²) in [5, 5.41) is 5.63. The number of halogens is 3. The normalized spacial score (nSPS) is 14.9. The molecule has 0 atom stereocenters. The molecule has 3 heterocycles. The number of aryl methyl sites for hydroxylation is 1. The lowest BCUT2D eigenvalue weighted by Gasteiger charge is -2.28. The van der Waals surface area contributed by atoms with Gasteiger partial charge in [0, 0.05) is 19.2 Å². The van der Waals surface area contributed by atoms with Gasteiger partial charge >= 0.3 is 6.18 Å². The summed E-state index contributed by atoms with van der Waals surface area (Å²) in [5.41, 5.74) is -0.995. The molecule has 0 radical (unpaired) electrons. The predicted molar refractivity (Wildman–Crippen MR) is 99.6 cm³/mol. The minimum atomic E-state index is -4.56. The molecule has 0 unspecified atom stereocenters. The van der Waals surface area contributed by atoms with E-state index in [1.54, 1.807) is 6.07 Å². The molecule has 0 bridgehead atoms. The molecule has 1 fully saturated rings. The van der Waals surface area contributed by atoms with Crippen molar-refractivity contribution in [2.45, 2.75) is 38.9 Å². The summed E-state index contributed by atoms with van der Waals surface area (Å²) in [6.45, 7) is 3.47. The maximum Gasteiger partial charge on any atom is 0.433 e. The zero-order valence-corrected chi connectivity index (χ0v) is 15.6. The second kappa shape index (κ2) is 8.12. The Morgan fingerprint density at radius 2 is 1.96 bits per heavy atom. The van der Waals surface area contributed by atoms with Gasteiger partial charge in [0.2, 0.25) is 5.95 Å². The summed E-state index contributed by atoms with van der Waals surface area (Å²) in [6, 6.07) is 4.59. The largest absolute Gasteiger partial charge is 0.465 e. The van der Waals surface area contributed by atoms with E-state index in [2.05, 4.69) is 20.6 Å². The van der Waals surface area contributed by atoms with E-state index in [1.807, 2.05) is 17.9 Å². The van der Waals surface area contributed by atoms with Crippen LogP contribution in [0.1, 0.15) is 36.5 Å². The minimum absolute atomic E-state index is 0.118. The highest BCUT2D eigenvalue weighted by Gasteiger charge is 2.34. The first-order chi connectivity index (χ1) is 12.8. The lowest BCUT2D eigenvalue weighted by atomic mass is 10.1. The number of nitrogens with one attached hydrogen (secondary N) is 2. The number of hydrogen-bond acceptors (Lipinski definition) is 5. The molecule has 0 saturated carbocycles. The summed E-state index contributed by atoms with van der Waals surface area (Å²) in [4.78, 5) is 9.64. The molecular formula is C17H20F3N5OS. The fraction of sp³-hybridized carbons (Fsp3) is 0.471. The van der Waals surface area contributed by atoms with E-state index < -0.39 is 11.9 Å². The monoisotopic (exact) mass is 399 g/mol. The van der Waals surface area contributed by atoms with Gasteiger partial charge in [0.15, 0.2) is 10.8 Å². The first-order valence-electron chi connectivity index (χ1n) is 8.62. The molecule has 10 heteroatoms. The van der Waals surface area contributed by atoms with E-state index in [4.69, 9.17) is 16.6 Å². The summed E-state index contributed by atoms with van der Waals surface area (Å²) in [5.74, 6) is 1.50. The summed E-state index contributed by atoms with van der Waals surface area (Å²) >= 11 is 5.14. The summed E-state index contributed by atoms with van der Waals surface area (Å²) < 4.78 is 45.1. The number of rotatable bonds is 4. The van der Waals surface area contributed by atoms with Crippen molar-refractivity contribution in [3.63, 3.8) is 0 Å². The first-order valence-corrected chi connectivity index (χ1v) is 9.03. The van der Waals surface area contributed by atoms with Gasteiger partial charge in [0.1, 0.15) is 17.3 Å². The Kier molecular flexibility index (Phi) is 5.83. The van der Waals surface area contributed by atoms with Crippen molar-refractivity contribution in [1.29, 1.82) is 0 Å². The molecule has 2 N–H and O–H groups in total. The fourth-order valence-electron chi connectivity index (χ4n) is 2.81. The second-order valence-corrected chi connectivity index (χ2v) is 6.71. The summed E-state index contributed by atoms with van der Waals surface area (Å²) in [6.07, 6.45) is -1.64. The molecule has 27 heavy (non-hydrogen) atoms. The fourth-order valence-corrected chi connectivity index (χ4v) is 2.98. The number of aromatic nitrogens is 2. The molecule has 1 aliphatic heterocycles. The van der Waals surface area contributed by atoms with Crippen LogP contribution in [0.4, 0.5) is 24.9 Å². The molecule has 0 aromatic carbocycles. The van der Waals surface area contributed by atoms with Gasteiger partial charge in [0.05, 0.1) is 6.54 Å². The van der Waals surface area contributed by atoms with Gasteiger partial charge in [0.25, 0.3) is 0 Å². The summed E-state index contributed by atoms with van der Waals surface area (Å²) in [7, 11) is 0. The van der Waals surface area contributed by atoms with Crippen molar-refractivity contribution >= 4 is 29.1 Å². The average Bonchev–Trinajstić information content (AvgIpc) is 3.05. The van der Waals surface area contributed by atoms with Crippen molar-refractivity contribution in [3.8, 4) is 0 Å². The van der Waals surface area contributed by atoms with Crippen LogP contribution in [0.5, 0.6) is 0 Å². The van der Waals surface area contributed by atoms with E-state index >= 15 is 0 Å². The Morgan fingerprint density at radius 3 is 2.59 bits per heavy atom. The SMILES string of the molecule is Cc1ccc(CNC(=S)Nc2nc(N3CCCCC3)cc(C(F)(F)F)n2)o1. The Morgan fingerprint density at radius 1 is 1.22 bits per heavy atom. The van der Waals surface area contributed by atoms with Crippen LogP contribution in [0, 0.1) is 6.92 Å². The Hall–Kier alpha value is -2.36. The van der Waals surface area contributed by atoms with Crippen LogP contribution < -0.4 is 15.5 Å². The molecule has 3 rings (SSSR count). The number of anilines is 2. The van der Waals surface area contributed by atoms with Crippen LogP contribution in [0.2, 0.25) is 0 Å². The maximum absolute atomic E-state index is 13.2. The Balaban J connectivity index is 1.73. The van der Waals surface area contributed by atoms with Gasteiger partial charge in [-0.1, -0.05) is 0 Å². The van der Waals surface area contributed by atoms with Gasteiger partial charge in [-0.25, -0.2) is 4.98 Å². The lowest BCUT2D eigenvalue weighted by molar-refractivity contribution is -0.141. The zero-order chi connectivity index (χ0) is 19.4. The Labute approximate surface area is 160 Å². The smallest absolute Gasteiger partial charge is 0.433 e. The van der Waals surface area contributed by atoms with Crippen molar-refractivity contribution in [2.24, 2.45) is 0 Å². The third-order valence-corrected chi connectivity index (χ3v) is 4.37. The van der Waals surface area contributed by atoms with Crippen LogP contribution in [0.25, 0.3) is 0 Å². The minimum Gasteiger partial charge on any atom is -0.465 e. The van der Waals surface area contributed by atoms with Crippen molar-refractivity contribution in [3.05, 3.63) is 35.4 Å². The molecule has 2 aromatic rings. The highest BCUT2D eigenvalue weighted by atomic mass is 32.1. The van der Waals surface area contributed by atoms with Crippen LogP contribution >= 0.6 is 12.2 Å². The number of thiocarbonyl (C=S) groups is 1. The topological polar surface area (TPSA) is 66.2 Å². The molecule has 1 aliphatic rings. The van der Waals surface area contributed by atoms with Crippen LogP contribution in [0.3, 0.4) is 0 Å². The van der Waals surface area contributed by atoms with Crippen molar-refractivity contribution in [1.82, 2.24) is 15.3 Å². The number of piperidine rings is 1. The van der Waals surface area contributed by atoms with E-state index in [-0.39, 0.29) is 16.9 Å². The molecule has 0 amide bonds. The standard InChI is InChI=1S/C17H20F3N5OS/c1-11-5-6-12(26-11)10-21-16(27)24-15-22-13(17(18,19)20)9-14(23-15)25-7-3-2-4-8-25/h5-6,9H,2-4,7-8,10H2,1H3,(H2,21,22,23,24,27). The molecule has 6 nitrogen and oxygen atoms in total. The third-order valence-electron chi connectivity index (χ3n) is 4.13. The Bertz CT molecular complexity index is 802. The van der Waals surface area contributed by atoms with E-state index in [0.29, 0.717) is 25.4 Å². The molecule has 1 saturated heterocycles. The first kappa shape index (κ1) is 19.4. The van der Waals surface area contributed by atoms with Gasteiger partial charge in [-0.2, -0.15) is 18.2 Å². The van der Waals surface area contributed by atoms with Gasteiger partial charge < -0.3 is 20.0 Å². The average molecular weight is 399 g/mol. The number of alkyl halides is 3.